The van der Waals surface area contributed by atoms with Crippen molar-refractivity contribution < 1.29 is 9.53 Å². The van der Waals surface area contributed by atoms with Crippen molar-refractivity contribution >= 4 is 17.7 Å². The molecule has 1 atom stereocenters. The van der Waals surface area contributed by atoms with E-state index in [1.54, 1.807) is 11.8 Å². The van der Waals surface area contributed by atoms with Gasteiger partial charge in [-0.3, -0.25) is 4.79 Å². The fraction of sp³-hybridized carbons (Fsp3) is 0.462. The summed E-state index contributed by atoms with van der Waals surface area (Å²) in [6.45, 7) is 1.39. The van der Waals surface area contributed by atoms with Crippen LogP contribution >= 0.6 is 11.8 Å². The average molecular weight is 251 g/mol. The van der Waals surface area contributed by atoms with Crippen LogP contribution in [0.2, 0.25) is 0 Å². The van der Waals surface area contributed by atoms with Gasteiger partial charge in [-0.05, 0) is 24.3 Å². The van der Waals surface area contributed by atoms with Crippen molar-refractivity contribution in [2.24, 2.45) is 5.92 Å². The predicted octanol–water partition coefficient (Wildman–Crippen LogP) is 1.72. The first-order valence-corrected chi connectivity index (χ1v) is 7.15. The summed E-state index contributed by atoms with van der Waals surface area (Å²) >= 11 is 1.54. The molecule has 1 aliphatic rings. The highest BCUT2D eigenvalue weighted by atomic mass is 32.2. The molecule has 0 saturated carbocycles. The number of ether oxygens (including phenoxy) is 1. The van der Waals surface area contributed by atoms with Crippen molar-refractivity contribution in [2.75, 3.05) is 25.2 Å². The Labute approximate surface area is 106 Å². The van der Waals surface area contributed by atoms with Gasteiger partial charge in [0.25, 0.3) is 0 Å². The molecule has 1 aromatic carbocycles. The van der Waals surface area contributed by atoms with E-state index in [4.69, 9.17) is 4.74 Å². The van der Waals surface area contributed by atoms with Crippen LogP contribution in [0.3, 0.4) is 0 Å². The topological polar surface area (TPSA) is 38.3 Å². The summed E-state index contributed by atoms with van der Waals surface area (Å²) in [6.07, 6.45) is 2.91. The highest BCUT2D eigenvalue weighted by Gasteiger charge is 2.19. The molecule has 2 rings (SSSR count). The quantitative estimate of drug-likeness (QED) is 0.885. The molecule has 0 aromatic heterocycles. The van der Waals surface area contributed by atoms with Crippen molar-refractivity contribution in [3.63, 3.8) is 0 Å². The summed E-state index contributed by atoms with van der Waals surface area (Å²) in [5.41, 5.74) is 1.24. The van der Waals surface area contributed by atoms with Gasteiger partial charge in [0, 0.05) is 12.5 Å². The number of hydrogen-bond donors (Lipinski definition) is 1. The van der Waals surface area contributed by atoms with Crippen LogP contribution in [-0.2, 0) is 11.2 Å². The number of carbonyl (C=O) groups excluding carboxylic acids is 1. The number of nitrogens with one attached hydrogen (secondary N) is 1. The molecule has 0 radical (unpaired) electrons. The molecular weight excluding hydrogens is 234 g/mol. The van der Waals surface area contributed by atoms with Gasteiger partial charge < -0.3 is 10.1 Å². The summed E-state index contributed by atoms with van der Waals surface area (Å²) in [4.78, 5) is 11.4. The molecule has 1 N–H and O–H groups in total. The van der Waals surface area contributed by atoms with Crippen LogP contribution in [0.4, 0.5) is 0 Å². The maximum Gasteiger partial charge on any atom is 0.229 e. The monoisotopic (exact) mass is 251 g/mol. The highest BCUT2D eigenvalue weighted by Crippen LogP contribution is 2.26. The SMILES string of the molecule is CSCC(=O)NCC1COc2ccccc2C1. The van der Waals surface area contributed by atoms with Crippen LogP contribution in [0.1, 0.15) is 5.56 Å². The van der Waals surface area contributed by atoms with E-state index in [-0.39, 0.29) is 5.91 Å². The van der Waals surface area contributed by atoms with Crippen LogP contribution in [0.15, 0.2) is 24.3 Å². The molecule has 1 aliphatic heterocycles. The molecule has 1 heterocycles. The zero-order chi connectivity index (χ0) is 12.1. The minimum Gasteiger partial charge on any atom is -0.493 e. The van der Waals surface area contributed by atoms with E-state index in [0.29, 0.717) is 24.8 Å². The van der Waals surface area contributed by atoms with E-state index in [1.807, 2.05) is 24.5 Å². The summed E-state index contributed by atoms with van der Waals surface area (Å²) in [7, 11) is 0. The normalized spacial score (nSPS) is 18.1. The second kappa shape index (κ2) is 5.96. The number of benzene rings is 1. The van der Waals surface area contributed by atoms with Gasteiger partial charge in [0.05, 0.1) is 12.4 Å². The van der Waals surface area contributed by atoms with E-state index >= 15 is 0 Å². The molecule has 0 bridgehead atoms. The first kappa shape index (κ1) is 12.3. The van der Waals surface area contributed by atoms with Gasteiger partial charge in [-0.2, -0.15) is 11.8 Å². The number of hydrogen-bond acceptors (Lipinski definition) is 3. The second-order valence-electron chi connectivity index (χ2n) is 4.23. The molecule has 1 unspecified atom stereocenters. The van der Waals surface area contributed by atoms with E-state index in [2.05, 4.69) is 11.4 Å². The molecule has 4 heteroatoms. The Kier molecular flexibility index (Phi) is 4.31. The Morgan fingerprint density at radius 3 is 3.18 bits per heavy atom. The number of amides is 1. The van der Waals surface area contributed by atoms with Gasteiger partial charge in [-0.1, -0.05) is 18.2 Å². The summed E-state index contributed by atoms with van der Waals surface area (Å²) in [6, 6.07) is 8.10. The summed E-state index contributed by atoms with van der Waals surface area (Å²) in [5, 5.41) is 2.94. The Balaban J connectivity index is 1.84. The lowest BCUT2D eigenvalue weighted by Crippen LogP contribution is -2.35. The molecule has 1 amide bonds. The summed E-state index contributed by atoms with van der Waals surface area (Å²) in [5.74, 6) is 2.01. The number of thioether (sulfide) groups is 1. The van der Waals surface area contributed by atoms with Gasteiger partial charge in [0.2, 0.25) is 5.91 Å². The largest absolute Gasteiger partial charge is 0.493 e. The maximum absolute atomic E-state index is 11.4. The first-order chi connectivity index (χ1) is 8.29. The third kappa shape index (κ3) is 3.40. The van der Waals surface area contributed by atoms with Crippen LogP contribution in [0.25, 0.3) is 0 Å². The molecule has 1 aromatic rings. The minimum absolute atomic E-state index is 0.108. The zero-order valence-electron chi connectivity index (χ0n) is 9.94. The van der Waals surface area contributed by atoms with Gasteiger partial charge in [0.15, 0.2) is 0 Å². The Morgan fingerprint density at radius 1 is 1.53 bits per heavy atom. The standard InChI is InChI=1S/C13H17NO2S/c1-17-9-13(15)14-7-10-6-11-4-2-3-5-12(11)16-8-10/h2-5,10H,6-9H2,1H3,(H,14,15). The van der Waals surface area contributed by atoms with E-state index in [1.165, 1.54) is 5.56 Å². The van der Waals surface area contributed by atoms with Crippen molar-refractivity contribution in [1.82, 2.24) is 5.32 Å². The Bertz CT molecular complexity index is 395. The van der Waals surface area contributed by atoms with Crippen molar-refractivity contribution in [3.8, 4) is 5.75 Å². The minimum atomic E-state index is 0.108. The second-order valence-corrected chi connectivity index (χ2v) is 5.09. The van der Waals surface area contributed by atoms with Crippen molar-refractivity contribution in [3.05, 3.63) is 29.8 Å². The molecule has 0 aliphatic carbocycles. The Hall–Kier alpha value is -1.16. The lowest BCUT2D eigenvalue weighted by molar-refractivity contribution is -0.118. The molecule has 0 saturated heterocycles. The van der Waals surface area contributed by atoms with E-state index < -0.39 is 0 Å². The maximum atomic E-state index is 11.4. The fourth-order valence-corrected chi connectivity index (χ4v) is 2.33. The lowest BCUT2D eigenvalue weighted by Gasteiger charge is -2.25. The highest BCUT2D eigenvalue weighted by molar-refractivity contribution is 7.99. The Morgan fingerprint density at radius 2 is 2.35 bits per heavy atom. The first-order valence-electron chi connectivity index (χ1n) is 5.76. The molecule has 92 valence electrons. The van der Waals surface area contributed by atoms with E-state index in [9.17, 15) is 4.79 Å². The zero-order valence-corrected chi connectivity index (χ0v) is 10.8. The lowest BCUT2D eigenvalue weighted by atomic mass is 9.97. The van der Waals surface area contributed by atoms with Crippen LogP contribution in [0, 0.1) is 5.92 Å². The van der Waals surface area contributed by atoms with Crippen LogP contribution in [-0.4, -0.2) is 31.1 Å². The third-order valence-electron chi connectivity index (χ3n) is 2.82. The van der Waals surface area contributed by atoms with Gasteiger partial charge in [0.1, 0.15) is 5.75 Å². The number of rotatable bonds is 4. The van der Waals surface area contributed by atoms with Crippen LogP contribution in [0.5, 0.6) is 5.75 Å². The smallest absolute Gasteiger partial charge is 0.229 e. The van der Waals surface area contributed by atoms with Crippen LogP contribution < -0.4 is 10.1 Å². The number of fused-ring (bicyclic) bond motifs is 1. The summed E-state index contributed by atoms with van der Waals surface area (Å²) < 4.78 is 5.67. The third-order valence-corrected chi connectivity index (χ3v) is 3.37. The number of carbonyl (C=O) groups is 1. The van der Waals surface area contributed by atoms with E-state index in [0.717, 1.165) is 12.2 Å². The van der Waals surface area contributed by atoms with Crippen molar-refractivity contribution in [1.29, 1.82) is 0 Å². The molecule has 3 nitrogen and oxygen atoms in total. The predicted molar refractivity (Wildman–Crippen MR) is 70.5 cm³/mol. The van der Waals surface area contributed by atoms with Gasteiger partial charge in [-0.25, -0.2) is 0 Å². The van der Waals surface area contributed by atoms with Gasteiger partial charge in [-0.15, -0.1) is 0 Å². The fourth-order valence-electron chi connectivity index (χ4n) is 1.96. The number of para-hydroxylation sites is 1. The molecule has 17 heavy (non-hydrogen) atoms. The molecule has 0 fully saturated rings. The van der Waals surface area contributed by atoms with Crippen molar-refractivity contribution in [2.45, 2.75) is 6.42 Å². The van der Waals surface area contributed by atoms with Gasteiger partial charge >= 0.3 is 0 Å². The molecule has 0 spiro atoms. The molecular formula is C13H17NO2S. The average Bonchev–Trinajstić information content (AvgIpc) is 2.36.